The van der Waals surface area contributed by atoms with Crippen molar-refractivity contribution in [2.24, 2.45) is 0 Å². The summed E-state index contributed by atoms with van der Waals surface area (Å²) in [7, 11) is 0. The summed E-state index contributed by atoms with van der Waals surface area (Å²) in [6.07, 6.45) is 0.456. The van der Waals surface area contributed by atoms with E-state index in [0.29, 0.717) is 24.5 Å². The number of fused-ring (bicyclic) bond motifs is 1. The molecule has 1 atom stereocenters. The van der Waals surface area contributed by atoms with Gasteiger partial charge >= 0.3 is 0 Å². The van der Waals surface area contributed by atoms with E-state index in [4.69, 9.17) is 9.47 Å². The third kappa shape index (κ3) is 3.26. The molecule has 1 fully saturated rings. The van der Waals surface area contributed by atoms with Crippen molar-refractivity contribution in [3.05, 3.63) is 58.1 Å². The number of hydrogen-bond acceptors (Lipinski definition) is 5. The van der Waals surface area contributed by atoms with Gasteiger partial charge in [0.2, 0.25) is 12.7 Å². The average molecular weight is 420 g/mol. The van der Waals surface area contributed by atoms with Crippen LogP contribution in [0.3, 0.4) is 0 Å². The van der Waals surface area contributed by atoms with E-state index in [1.54, 1.807) is 0 Å². The summed E-state index contributed by atoms with van der Waals surface area (Å²) in [6, 6.07) is 13.2. The molecule has 0 aromatic heterocycles. The number of rotatable bonds is 4. The quantitative estimate of drug-likeness (QED) is 0.749. The minimum absolute atomic E-state index is 0.150. The van der Waals surface area contributed by atoms with Crippen LogP contribution in [-0.2, 0) is 17.8 Å². The van der Waals surface area contributed by atoms with E-state index < -0.39 is 5.25 Å². The largest absolute Gasteiger partial charge is 0.454 e. The van der Waals surface area contributed by atoms with Crippen LogP contribution in [0.5, 0.6) is 11.5 Å². The molecular formula is C18H14BrNO4S. The van der Waals surface area contributed by atoms with Gasteiger partial charge in [-0.05, 0) is 29.7 Å². The van der Waals surface area contributed by atoms with Gasteiger partial charge in [0.25, 0.3) is 5.24 Å². The van der Waals surface area contributed by atoms with Crippen molar-refractivity contribution < 1.29 is 19.1 Å². The highest BCUT2D eigenvalue weighted by Gasteiger charge is 2.39. The van der Waals surface area contributed by atoms with Crippen molar-refractivity contribution >= 4 is 38.8 Å². The van der Waals surface area contributed by atoms with Crippen molar-refractivity contribution in [2.45, 2.75) is 18.2 Å². The third-order valence-electron chi connectivity index (χ3n) is 4.14. The number of imide groups is 1. The first-order valence-corrected chi connectivity index (χ1v) is 9.43. The Morgan fingerprint density at radius 3 is 2.60 bits per heavy atom. The first-order chi connectivity index (χ1) is 12.1. The molecule has 2 aromatic rings. The number of hydrogen-bond donors (Lipinski definition) is 0. The third-order valence-corrected chi connectivity index (χ3v) is 5.95. The number of nitrogens with zero attached hydrogens (tertiary/aromatic N) is 1. The highest BCUT2D eigenvalue weighted by Crippen LogP contribution is 2.39. The molecule has 0 bridgehead atoms. The number of benzene rings is 2. The summed E-state index contributed by atoms with van der Waals surface area (Å²) in [4.78, 5) is 26.3. The van der Waals surface area contributed by atoms with Gasteiger partial charge in [-0.3, -0.25) is 14.5 Å². The van der Waals surface area contributed by atoms with Gasteiger partial charge in [0.1, 0.15) is 0 Å². The van der Waals surface area contributed by atoms with E-state index in [9.17, 15) is 9.59 Å². The normalized spacial score (nSPS) is 18.9. The predicted octanol–water partition coefficient (Wildman–Crippen LogP) is 3.98. The predicted molar refractivity (Wildman–Crippen MR) is 97.7 cm³/mol. The van der Waals surface area contributed by atoms with Crippen LogP contribution in [0.2, 0.25) is 0 Å². The molecule has 2 aliphatic heterocycles. The standard InChI is InChI=1S/C18H14BrNO4S/c19-13-8-15-14(23-10-24-15)6-12(13)7-16-17(21)20(18(22)25-16)9-11-4-2-1-3-5-11/h1-6,8,16H,7,9-10H2/t16-/m0/s1. The second kappa shape index (κ2) is 6.72. The van der Waals surface area contributed by atoms with Crippen molar-refractivity contribution in [1.29, 1.82) is 0 Å². The van der Waals surface area contributed by atoms with Gasteiger partial charge in [-0.2, -0.15) is 0 Å². The van der Waals surface area contributed by atoms with E-state index in [2.05, 4.69) is 15.9 Å². The molecule has 2 amide bonds. The van der Waals surface area contributed by atoms with Gasteiger partial charge < -0.3 is 9.47 Å². The van der Waals surface area contributed by atoms with Crippen molar-refractivity contribution in [2.75, 3.05) is 6.79 Å². The number of amides is 2. The molecule has 2 aliphatic rings. The fourth-order valence-corrected chi connectivity index (χ4v) is 4.35. The molecule has 0 N–H and O–H groups in total. The summed E-state index contributed by atoms with van der Waals surface area (Å²) in [5.41, 5.74) is 1.86. The van der Waals surface area contributed by atoms with Crippen LogP contribution in [0.4, 0.5) is 4.79 Å². The molecule has 4 rings (SSSR count). The second-order valence-corrected chi connectivity index (χ2v) is 7.79. The number of ether oxygens (including phenoxy) is 2. The fourth-order valence-electron chi connectivity index (χ4n) is 2.85. The Kier molecular flexibility index (Phi) is 4.43. The Hall–Kier alpha value is -1.99. The maximum atomic E-state index is 12.7. The van der Waals surface area contributed by atoms with Crippen LogP contribution in [0.15, 0.2) is 46.9 Å². The average Bonchev–Trinajstić information content (AvgIpc) is 3.16. The van der Waals surface area contributed by atoms with E-state index in [1.165, 1.54) is 4.90 Å². The number of halogens is 1. The minimum atomic E-state index is -0.423. The Labute approximate surface area is 157 Å². The molecule has 1 saturated heterocycles. The monoisotopic (exact) mass is 419 g/mol. The molecule has 0 aliphatic carbocycles. The summed E-state index contributed by atoms with van der Waals surface area (Å²) in [6.45, 7) is 0.510. The molecule has 128 valence electrons. The lowest BCUT2D eigenvalue weighted by Crippen LogP contribution is -2.31. The molecule has 2 heterocycles. The van der Waals surface area contributed by atoms with Crippen LogP contribution in [0, 0.1) is 0 Å². The first kappa shape index (κ1) is 16.5. The maximum Gasteiger partial charge on any atom is 0.289 e. The number of carbonyl (C=O) groups excluding carboxylic acids is 2. The van der Waals surface area contributed by atoms with Crippen molar-refractivity contribution in [3.8, 4) is 11.5 Å². The first-order valence-electron chi connectivity index (χ1n) is 7.76. The zero-order valence-electron chi connectivity index (χ0n) is 13.1. The zero-order chi connectivity index (χ0) is 17.4. The molecule has 0 unspecified atom stereocenters. The number of carbonyl (C=O) groups is 2. The topological polar surface area (TPSA) is 55.8 Å². The SMILES string of the molecule is O=C1S[C@@H](Cc2cc3c(cc2Br)OCO3)C(=O)N1Cc1ccccc1. The van der Waals surface area contributed by atoms with Crippen LogP contribution in [0.1, 0.15) is 11.1 Å². The second-order valence-electron chi connectivity index (χ2n) is 5.78. The lowest BCUT2D eigenvalue weighted by molar-refractivity contribution is -0.127. The number of thioether (sulfide) groups is 1. The van der Waals surface area contributed by atoms with Crippen LogP contribution >= 0.6 is 27.7 Å². The fraction of sp³-hybridized carbons (Fsp3) is 0.222. The Bertz CT molecular complexity index is 842. The molecule has 2 aromatic carbocycles. The summed E-state index contributed by atoms with van der Waals surface area (Å²) < 4.78 is 11.6. The van der Waals surface area contributed by atoms with Crippen LogP contribution in [-0.4, -0.2) is 28.1 Å². The molecule has 25 heavy (non-hydrogen) atoms. The lowest BCUT2D eigenvalue weighted by atomic mass is 10.1. The molecule has 0 spiro atoms. The van der Waals surface area contributed by atoms with Gasteiger partial charge in [0.15, 0.2) is 11.5 Å². The van der Waals surface area contributed by atoms with Gasteiger partial charge in [-0.15, -0.1) is 0 Å². The van der Waals surface area contributed by atoms with Crippen LogP contribution < -0.4 is 9.47 Å². The van der Waals surface area contributed by atoms with Gasteiger partial charge in [0, 0.05) is 4.47 Å². The Morgan fingerprint density at radius 1 is 1.12 bits per heavy atom. The molecule has 7 heteroatoms. The van der Waals surface area contributed by atoms with Gasteiger partial charge in [-0.25, -0.2) is 0 Å². The smallest absolute Gasteiger partial charge is 0.289 e. The van der Waals surface area contributed by atoms with Crippen molar-refractivity contribution in [3.63, 3.8) is 0 Å². The van der Waals surface area contributed by atoms with Gasteiger partial charge in [0.05, 0.1) is 11.8 Å². The zero-order valence-corrected chi connectivity index (χ0v) is 15.5. The minimum Gasteiger partial charge on any atom is -0.454 e. The lowest BCUT2D eigenvalue weighted by Gasteiger charge is -2.14. The van der Waals surface area contributed by atoms with E-state index in [-0.39, 0.29) is 17.9 Å². The highest BCUT2D eigenvalue weighted by molar-refractivity contribution is 9.10. The Balaban J connectivity index is 1.51. The van der Waals surface area contributed by atoms with E-state index >= 15 is 0 Å². The molecule has 0 saturated carbocycles. The van der Waals surface area contributed by atoms with E-state index in [1.807, 2.05) is 42.5 Å². The molecule has 5 nitrogen and oxygen atoms in total. The maximum absolute atomic E-state index is 12.7. The molecule has 0 radical (unpaired) electrons. The highest BCUT2D eigenvalue weighted by atomic mass is 79.9. The molecular weight excluding hydrogens is 406 g/mol. The summed E-state index contributed by atoms with van der Waals surface area (Å²) in [5, 5.41) is -0.622. The van der Waals surface area contributed by atoms with Crippen LogP contribution in [0.25, 0.3) is 0 Å². The van der Waals surface area contributed by atoms with E-state index in [0.717, 1.165) is 27.4 Å². The van der Waals surface area contributed by atoms with Gasteiger partial charge in [-0.1, -0.05) is 58.0 Å². The summed E-state index contributed by atoms with van der Waals surface area (Å²) >= 11 is 4.59. The summed E-state index contributed by atoms with van der Waals surface area (Å²) in [5.74, 6) is 1.20. The Morgan fingerprint density at radius 2 is 1.84 bits per heavy atom. The van der Waals surface area contributed by atoms with Crippen molar-refractivity contribution in [1.82, 2.24) is 4.90 Å².